The van der Waals surface area contributed by atoms with Crippen LogP contribution in [0.3, 0.4) is 0 Å². The third-order valence-electron chi connectivity index (χ3n) is 3.71. The van der Waals surface area contributed by atoms with Crippen molar-refractivity contribution in [2.24, 2.45) is 11.8 Å². The maximum atomic E-state index is 12.3. The van der Waals surface area contributed by atoms with Crippen molar-refractivity contribution in [3.63, 3.8) is 0 Å². The Morgan fingerprint density at radius 2 is 1.76 bits per heavy atom. The molecule has 1 heterocycles. The van der Waals surface area contributed by atoms with E-state index in [0.29, 0.717) is 13.1 Å². The maximum Gasteiger partial charge on any atom is 0.303 e. The first-order valence-corrected chi connectivity index (χ1v) is 7.51. The van der Waals surface area contributed by atoms with E-state index >= 15 is 0 Å². The van der Waals surface area contributed by atoms with Crippen LogP contribution >= 0.6 is 0 Å². The number of hydrogen-bond acceptors (Lipinski definition) is 4. The second-order valence-electron chi connectivity index (χ2n) is 6.28. The smallest absolute Gasteiger partial charge is 0.303 e. The van der Waals surface area contributed by atoms with Crippen LogP contribution in [0, 0.1) is 11.8 Å². The van der Waals surface area contributed by atoms with Gasteiger partial charge in [-0.3, -0.25) is 14.4 Å². The molecule has 1 aliphatic rings. The van der Waals surface area contributed by atoms with Crippen LogP contribution in [0.4, 0.5) is 0 Å². The van der Waals surface area contributed by atoms with E-state index in [2.05, 4.69) is 5.32 Å². The molecule has 0 radical (unpaired) electrons. The molecule has 1 amide bonds. The van der Waals surface area contributed by atoms with Crippen molar-refractivity contribution in [2.75, 3.05) is 13.1 Å². The lowest BCUT2D eigenvalue weighted by Crippen LogP contribution is -2.44. The minimum absolute atomic E-state index is 0.00762. The number of carbonyl (C=O) groups excluding carboxylic acids is 2. The fraction of sp³-hybridized carbons (Fsp3) is 0.800. The van der Waals surface area contributed by atoms with Gasteiger partial charge in [0.15, 0.2) is 0 Å². The van der Waals surface area contributed by atoms with Crippen LogP contribution in [0.5, 0.6) is 0 Å². The Hall–Kier alpha value is -1.43. The second-order valence-corrected chi connectivity index (χ2v) is 6.28. The lowest BCUT2D eigenvalue weighted by atomic mass is 9.91. The first kappa shape index (κ1) is 17.6. The molecule has 0 unspecified atom stereocenters. The van der Waals surface area contributed by atoms with Gasteiger partial charge in [-0.25, -0.2) is 0 Å². The number of rotatable bonds is 7. The molecule has 6 nitrogen and oxygen atoms in total. The van der Waals surface area contributed by atoms with Crippen LogP contribution in [0.2, 0.25) is 0 Å². The van der Waals surface area contributed by atoms with E-state index in [1.165, 1.54) is 0 Å². The topological polar surface area (TPSA) is 86.7 Å². The number of nitrogens with one attached hydrogen (secondary N) is 1. The second kappa shape index (κ2) is 7.54. The fourth-order valence-corrected chi connectivity index (χ4v) is 2.69. The van der Waals surface area contributed by atoms with Crippen LogP contribution in [-0.2, 0) is 14.4 Å². The zero-order valence-corrected chi connectivity index (χ0v) is 13.3. The predicted octanol–water partition coefficient (Wildman–Crippen LogP) is 0.901. The van der Waals surface area contributed by atoms with Crippen LogP contribution in [0.1, 0.15) is 40.5 Å². The van der Waals surface area contributed by atoms with Gasteiger partial charge < -0.3 is 15.3 Å². The molecule has 0 aromatic carbocycles. The highest BCUT2D eigenvalue weighted by Gasteiger charge is 2.39. The molecular formula is C15H26N2O4. The van der Waals surface area contributed by atoms with E-state index in [-0.39, 0.29) is 48.5 Å². The molecule has 6 heteroatoms. The van der Waals surface area contributed by atoms with Crippen LogP contribution < -0.4 is 5.32 Å². The van der Waals surface area contributed by atoms with Gasteiger partial charge in [0.25, 0.3) is 0 Å². The number of carboxylic acid groups (broad SMARTS) is 1. The van der Waals surface area contributed by atoms with Crippen molar-refractivity contribution in [3.05, 3.63) is 0 Å². The minimum Gasteiger partial charge on any atom is -0.481 e. The Labute approximate surface area is 125 Å². The fourth-order valence-electron chi connectivity index (χ4n) is 2.69. The van der Waals surface area contributed by atoms with E-state index in [1.807, 2.05) is 27.7 Å². The first-order chi connectivity index (χ1) is 9.72. The number of nitrogens with zero attached hydrogens (tertiary/aromatic N) is 1. The van der Waals surface area contributed by atoms with E-state index < -0.39 is 5.97 Å². The number of Topliss-reactive ketones (excluding diaryl/α,β-unsaturated/α-hetero) is 1. The van der Waals surface area contributed by atoms with Gasteiger partial charge in [0.05, 0.1) is 12.3 Å². The molecule has 1 rings (SSSR count). The number of carboxylic acids is 1. The van der Waals surface area contributed by atoms with Crippen molar-refractivity contribution in [2.45, 2.75) is 52.6 Å². The molecule has 120 valence electrons. The van der Waals surface area contributed by atoms with Gasteiger partial charge in [-0.1, -0.05) is 27.7 Å². The molecule has 0 aromatic heterocycles. The molecule has 0 aromatic rings. The molecule has 1 fully saturated rings. The zero-order valence-electron chi connectivity index (χ0n) is 13.3. The average Bonchev–Trinajstić information content (AvgIpc) is 2.77. The summed E-state index contributed by atoms with van der Waals surface area (Å²) in [6, 6.07) is 0.181. The Morgan fingerprint density at radius 3 is 2.24 bits per heavy atom. The Bertz CT molecular complexity index is 406. The Morgan fingerprint density at radius 1 is 1.14 bits per heavy atom. The SMILES string of the molecule is CC(C)N[C@H]1CN(C(=O)CCC(=O)O)C[C@@H]1C(=O)C(C)C. The molecule has 1 aliphatic heterocycles. The average molecular weight is 298 g/mol. The normalized spacial score (nSPS) is 22.1. The lowest BCUT2D eigenvalue weighted by molar-refractivity contribution is -0.140. The molecule has 0 aliphatic carbocycles. The lowest BCUT2D eigenvalue weighted by Gasteiger charge is -2.22. The zero-order chi connectivity index (χ0) is 16.2. The van der Waals surface area contributed by atoms with Gasteiger partial charge >= 0.3 is 5.97 Å². The van der Waals surface area contributed by atoms with Gasteiger partial charge in [0, 0.05) is 37.5 Å². The van der Waals surface area contributed by atoms with Crippen LogP contribution in [0.25, 0.3) is 0 Å². The highest BCUT2D eigenvalue weighted by atomic mass is 16.4. The first-order valence-electron chi connectivity index (χ1n) is 7.51. The Kier molecular flexibility index (Phi) is 6.33. The summed E-state index contributed by atoms with van der Waals surface area (Å²) in [5.74, 6) is -1.29. The summed E-state index contributed by atoms with van der Waals surface area (Å²) >= 11 is 0. The van der Waals surface area contributed by atoms with Gasteiger partial charge in [0.2, 0.25) is 5.91 Å². The summed E-state index contributed by atoms with van der Waals surface area (Å²) in [6.45, 7) is 8.60. The molecule has 1 saturated heterocycles. The van der Waals surface area contributed by atoms with Crippen molar-refractivity contribution < 1.29 is 19.5 Å². The number of carbonyl (C=O) groups is 3. The van der Waals surface area contributed by atoms with Gasteiger partial charge in [-0.05, 0) is 0 Å². The minimum atomic E-state index is -0.978. The van der Waals surface area contributed by atoms with Gasteiger partial charge in [0.1, 0.15) is 5.78 Å². The monoisotopic (exact) mass is 298 g/mol. The van der Waals surface area contributed by atoms with E-state index in [1.54, 1.807) is 4.90 Å². The standard InChI is InChI=1S/C15H26N2O4/c1-9(2)15(21)11-7-17(8-12(11)16-10(3)4)13(18)5-6-14(19)20/h9-12,16H,5-8H2,1-4H3,(H,19,20)/t11-,12-/m0/s1. The van der Waals surface area contributed by atoms with Crippen molar-refractivity contribution in [1.29, 1.82) is 0 Å². The number of amides is 1. The number of ketones is 1. The van der Waals surface area contributed by atoms with E-state index in [4.69, 9.17) is 5.11 Å². The number of likely N-dealkylation sites (tertiary alicyclic amines) is 1. The van der Waals surface area contributed by atoms with Crippen LogP contribution in [-0.4, -0.2) is 52.8 Å². The third-order valence-corrected chi connectivity index (χ3v) is 3.71. The summed E-state index contributed by atoms with van der Waals surface area (Å²) in [5, 5.41) is 12.0. The quantitative estimate of drug-likeness (QED) is 0.729. The highest BCUT2D eigenvalue weighted by molar-refractivity contribution is 5.86. The summed E-state index contributed by atoms with van der Waals surface area (Å²) < 4.78 is 0. The van der Waals surface area contributed by atoms with Crippen molar-refractivity contribution in [1.82, 2.24) is 10.2 Å². The molecule has 2 N–H and O–H groups in total. The van der Waals surface area contributed by atoms with E-state index in [9.17, 15) is 14.4 Å². The molecule has 2 atom stereocenters. The Balaban J connectivity index is 2.72. The van der Waals surface area contributed by atoms with Crippen LogP contribution in [0.15, 0.2) is 0 Å². The summed E-state index contributed by atoms with van der Waals surface area (Å²) in [5.41, 5.74) is 0. The largest absolute Gasteiger partial charge is 0.481 e. The predicted molar refractivity (Wildman–Crippen MR) is 78.8 cm³/mol. The maximum absolute atomic E-state index is 12.3. The van der Waals surface area contributed by atoms with Gasteiger partial charge in [-0.2, -0.15) is 0 Å². The summed E-state index contributed by atoms with van der Waals surface area (Å²) in [6.07, 6.45) is -0.174. The number of hydrogen-bond donors (Lipinski definition) is 2. The molecule has 0 spiro atoms. The molecule has 0 saturated carbocycles. The number of aliphatic carboxylic acids is 1. The van der Waals surface area contributed by atoms with E-state index in [0.717, 1.165) is 0 Å². The van der Waals surface area contributed by atoms with Crippen molar-refractivity contribution in [3.8, 4) is 0 Å². The molecule has 0 bridgehead atoms. The molecular weight excluding hydrogens is 272 g/mol. The molecule has 21 heavy (non-hydrogen) atoms. The summed E-state index contributed by atoms with van der Waals surface area (Å²) in [7, 11) is 0. The highest BCUT2D eigenvalue weighted by Crippen LogP contribution is 2.22. The third kappa shape index (κ3) is 5.12. The summed E-state index contributed by atoms with van der Waals surface area (Å²) in [4.78, 5) is 36.5. The van der Waals surface area contributed by atoms with Crippen molar-refractivity contribution >= 4 is 17.7 Å². The van der Waals surface area contributed by atoms with Gasteiger partial charge in [-0.15, -0.1) is 0 Å².